The molecule has 1 aromatic heterocycles. The minimum atomic E-state index is 0.549. The van der Waals surface area contributed by atoms with Crippen molar-refractivity contribution in [3.63, 3.8) is 0 Å². The van der Waals surface area contributed by atoms with E-state index < -0.39 is 0 Å². The minimum absolute atomic E-state index is 0.549. The maximum Gasteiger partial charge on any atom is 0.113 e. The van der Waals surface area contributed by atoms with E-state index in [2.05, 4.69) is 36.7 Å². The van der Waals surface area contributed by atoms with E-state index in [1.54, 1.807) is 0 Å². The Hall–Kier alpha value is -1.35. The van der Waals surface area contributed by atoms with Gasteiger partial charge in [0.15, 0.2) is 0 Å². The lowest BCUT2D eigenvalue weighted by atomic mass is 9.95. The van der Waals surface area contributed by atoms with E-state index in [0.717, 1.165) is 12.1 Å². The Kier molecular flexibility index (Phi) is 2.86. The number of aromatic nitrogens is 2. The maximum atomic E-state index is 5.89. The summed E-state index contributed by atoms with van der Waals surface area (Å²) < 4.78 is 2.26. The van der Waals surface area contributed by atoms with Crippen LogP contribution in [-0.2, 0) is 7.05 Å². The van der Waals surface area contributed by atoms with Crippen molar-refractivity contribution in [2.75, 3.05) is 6.54 Å². The second-order valence-electron chi connectivity index (χ2n) is 5.55. The highest BCUT2D eigenvalue weighted by atomic mass is 15.1. The van der Waals surface area contributed by atoms with Crippen molar-refractivity contribution in [2.45, 2.75) is 32.1 Å². The van der Waals surface area contributed by atoms with Crippen LogP contribution in [0.1, 0.15) is 36.6 Å². The van der Waals surface area contributed by atoms with Gasteiger partial charge in [0.25, 0.3) is 0 Å². The molecule has 2 N–H and O–H groups in total. The van der Waals surface area contributed by atoms with Crippen LogP contribution in [-0.4, -0.2) is 16.1 Å². The Morgan fingerprint density at radius 1 is 1.39 bits per heavy atom. The topological polar surface area (TPSA) is 43.8 Å². The van der Waals surface area contributed by atoms with Gasteiger partial charge in [-0.15, -0.1) is 0 Å². The average molecular weight is 243 g/mol. The smallest absolute Gasteiger partial charge is 0.113 e. The molecule has 18 heavy (non-hydrogen) atoms. The molecule has 96 valence electrons. The zero-order valence-electron chi connectivity index (χ0n) is 11.2. The maximum absolute atomic E-state index is 5.89. The number of nitrogens with zero attached hydrogens (tertiary/aromatic N) is 2. The molecule has 1 fully saturated rings. The average Bonchev–Trinajstić information content (AvgIpc) is 2.93. The summed E-state index contributed by atoms with van der Waals surface area (Å²) in [7, 11) is 2.13. The first-order chi connectivity index (χ1) is 8.70. The molecule has 0 aliphatic heterocycles. The van der Waals surface area contributed by atoms with Crippen LogP contribution in [0.5, 0.6) is 0 Å². The fourth-order valence-corrected chi connectivity index (χ4v) is 3.32. The van der Waals surface area contributed by atoms with E-state index in [9.17, 15) is 0 Å². The highest BCUT2D eigenvalue weighted by Crippen LogP contribution is 2.39. The predicted molar refractivity (Wildman–Crippen MR) is 74.6 cm³/mol. The van der Waals surface area contributed by atoms with Crippen molar-refractivity contribution >= 4 is 11.0 Å². The Bertz CT molecular complexity index is 570. The van der Waals surface area contributed by atoms with E-state index >= 15 is 0 Å². The molecule has 0 bridgehead atoms. The third-order valence-electron chi connectivity index (χ3n) is 4.36. The van der Waals surface area contributed by atoms with Gasteiger partial charge in [0.2, 0.25) is 0 Å². The van der Waals surface area contributed by atoms with Gasteiger partial charge in [-0.05, 0) is 49.9 Å². The molecule has 3 rings (SSSR count). The molecule has 3 heteroatoms. The first kappa shape index (κ1) is 11.7. The molecule has 1 saturated carbocycles. The molecule has 0 spiro atoms. The molecule has 0 radical (unpaired) electrons. The monoisotopic (exact) mass is 243 g/mol. The molecule has 0 saturated heterocycles. The molecular weight excluding hydrogens is 222 g/mol. The fourth-order valence-electron chi connectivity index (χ4n) is 3.32. The quantitative estimate of drug-likeness (QED) is 0.881. The number of imidazole rings is 1. The van der Waals surface area contributed by atoms with Gasteiger partial charge in [-0.1, -0.05) is 12.5 Å². The normalized spacial score (nSPS) is 23.9. The van der Waals surface area contributed by atoms with E-state index in [1.807, 2.05) is 0 Å². The van der Waals surface area contributed by atoms with Crippen LogP contribution in [0.25, 0.3) is 11.0 Å². The summed E-state index contributed by atoms with van der Waals surface area (Å²) >= 11 is 0. The highest BCUT2D eigenvalue weighted by Gasteiger charge is 2.30. The standard InChI is InChI=1S/C15H21N3/c1-10-6-7-14-13(8-10)17-15(18(14)2)12-5-3-4-11(12)9-16/h6-8,11-12H,3-5,9,16H2,1-2H3. The summed E-state index contributed by atoms with van der Waals surface area (Å²) in [6, 6.07) is 6.50. The number of hydrogen-bond donors (Lipinski definition) is 1. The van der Waals surface area contributed by atoms with Gasteiger partial charge < -0.3 is 10.3 Å². The number of fused-ring (bicyclic) bond motifs is 1. The van der Waals surface area contributed by atoms with Crippen molar-refractivity contribution in [1.29, 1.82) is 0 Å². The van der Waals surface area contributed by atoms with Crippen LogP contribution in [0.3, 0.4) is 0 Å². The van der Waals surface area contributed by atoms with Gasteiger partial charge in [0, 0.05) is 13.0 Å². The lowest BCUT2D eigenvalue weighted by Crippen LogP contribution is -2.19. The van der Waals surface area contributed by atoms with Crippen LogP contribution in [0.15, 0.2) is 18.2 Å². The number of rotatable bonds is 2. The summed E-state index contributed by atoms with van der Waals surface area (Å²) in [5.41, 5.74) is 9.52. The number of benzene rings is 1. The highest BCUT2D eigenvalue weighted by molar-refractivity contribution is 5.76. The van der Waals surface area contributed by atoms with Gasteiger partial charge in [-0.3, -0.25) is 0 Å². The number of nitrogens with two attached hydrogens (primary N) is 1. The van der Waals surface area contributed by atoms with E-state index in [4.69, 9.17) is 10.7 Å². The molecule has 1 aliphatic rings. The molecule has 1 aromatic carbocycles. The third-order valence-corrected chi connectivity index (χ3v) is 4.36. The summed E-state index contributed by atoms with van der Waals surface area (Å²) in [6.45, 7) is 2.90. The third kappa shape index (κ3) is 1.74. The Labute approximate surface area is 108 Å². The summed E-state index contributed by atoms with van der Waals surface area (Å²) in [4.78, 5) is 4.86. The molecule has 0 amide bonds. The van der Waals surface area contributed by atoms with E-state index in [-0.39, 0.29) is 0 Å². The Balaban J connectivity index is 2.09. The molecule has 2 unspecified atom stereocenters. The van der Waals surface area contributed by atoms with Crippen LogP contribution in [0.4, 0.5) is 0 Å². The molecule has 1 aliphatic carbocycles. The van der Waals surface area contributed by atoms with Gasteiger partial charge in [-0.25, -0.2) is 4.98 Å². The number of hydrogen-bond acceptors (Lipinski definition) is 2. The van der Waals surface area contributed by atoms with E-state index in [1.165, 1.54) is 36.2 Å². The molecule has 3 nitrogen and oxygen atoms in total. The van der Waals surface area contributed by atoms with Gasteiger partial charge >= 0.3 is 0 Å². The van der Waals surface area contributed by atoms with E-state index in [0.29, 0.717) is 11.8 Å². The van der Waals surface area contributed by atoms with Crippen LogP contribution in [0, 0.1) is 12.8 Å². The van der Waals surface area contributed by atoms with Gasteiger partial charge in [0.1, 0.15) is 5.82 Å². The largest absolute Gasteiger partial charge is 0.331 e. The van der Waals surface area contributed by atoms with Crippen LogP contribution >= 0.6 is 0 Å². The van der Waals surface area contributed by atoms with Gasteiger partial charge in [-0.2, -0.15) is 0 Å². The molecular formula is C15H21N3. The Morgan fingerprint density at radius 3 is 3.00 bits per heavy atom. The van der Waals surface area contributed by atoms with Crippen molar-refractivity contribution in [1.82, 2.24) is 9.55 Å². The second kappa shape index (κ2) is 4.39. The zero-order valence-corrected chi connectivity index (χ0v) is 11.2. The SMILES string of the molecule is Cc1ccc2c(c1)nc(C1CCCC1CN)n2C. The first-order valence-corrected chi connectivity index (χ1v) is 6.83. The van der Waals surface area contributed by atoms with Crippen molar-refractivity contribution in [2.24, 2.45) is 18.7 Å². The van der Waals surface area contributed by atoms with Crippen molar-refractivity contribution in [3.05, 3.63) is 29.6 Å². The van der Waals surface area contributed by atoms with Crippen LogP contribution in [0.2, 0.25) is 0 Å². The fraction of sp³-hybridized carbons (Fsp3) is 0.533. The van der Waals surface area contributed by atoms with Crippen molar-refractivity contribution < 1.29 is 0 Å². The Morgan fingerprint density at radius 2 is 2.22 bits per heavy atom. The summed E-state index contributed by atoms with van der Waals surface area (Å²) in [5.74, 6) is 2.39. The molecule has 1 heterocycles. The minimum Gasteiger partial charge on any atom is -0.331 e. The summed E-state index contributed by atoms with van der Waals surface area (Å²) in [5, 5.41) is 0. The second-order valence-corrected chi connectivity index (χ2v) is 5.55. The summed E-state index contributed by atoms with van der Waals surface area (Å²) in [6.07, 6.45) is 3.77. The van der Waals surface area contributed by atoms with Gasteiger partial charge in [0.05, 0.1) is 11.0 Å². The lowest BCUT2D eigenvalue weighted by molar-refractivity contribution is 0.469. The lowest BCUT2D eigenvalue weighted by Gasteiger charge is -2.17. The molecule has 2 atom stereocenters. The predicted octanol–water partition coefficient (Wildman–Crippen LogP) is 2.72. The molecule has 2 aromatic rings. The zero-order chi connectivity index (χ0) is 12.7. The van der Waals surface area contributed by atoms with Crippen LogP contribution < -0.4 is 5.73 Å². The number of aryl methyl sites for hydroxylation is 2. The first-order valence-electron chi connectivity index (χ1n) is 6.83. The van der Waals surface area contributed by atoms with Crippen molar-refractivity contribution in [3.8, 4) is 0 Å².